The molecule has 76 valence electrons. The maximum atomic E-state index is 8.33. The molecule has 0 amide bonds. The van der Waals surface area contributed by atoms with Gasteiger partial charge in [-0.2, -0.15) is 0 Å². The fraction of sp³-hybridized carbons (Fsp3) is 0.750. The topological polar surface area (TPSA) is 48.2 Å². The minimum Gasteiger partial charge on any atom is -0.411 e. The number of hydrogen-bond acceptors (Lipinski definition) is 4. The molecule has 0 aliphatic carbocycles. The molecule has 0 spiro atoms. The number of amidine groups is 1. The molecule has 0 radical (unpaired) electrons. The van der Waals surface area contributed by atoms with E-state index in [0.29, 0.717) is 0 Å². The van der Waals surface area contributed by atoms with E-state index in [9.17, 15) is 0 Å². The van der Waals surface area contributed by atoms with E-state index in [1.807, 2.05) is 0 Å². The Morgan fingerprint density at radius 2 is 2.46 bits per heavy atom. The standard InChI is InChI=1S/C8H15N3O.ClH/c1-2-3-5-11-6-4-9-8(11)7-10-12;/h7,12H,2-6H2,1H3;1H. The predicted octanol–water partition coefficient (Wildman–Crippen LogP) is 1.38. The lowest BCUT2D eigenvalue weighted by Gasteiger charge is -2.16. The Morgan fingerprint density at radius 3 is 3.08 bits per heavy atom. The summed E-state index contributed by atoms with van der Waals surface area (Å²) in [5.74, 6) is 0.811. The zero-order valence-corrected chi connectivity index (χ0v) is 8.63. The molecule has 0 saturated carbocycles. The van der Waals surface area contributed by atoms with Gasteiger partial charge < -0.3 is 10.1 Å². The van der Waals surface area contributed by atoms with Crippen molar-refractivity contribution in [2.45, 2.75) is 19.8 Å². The van der Waals surface area contributed by atoms with Gasteiger partial charge in [0.25, 0.3) is 0 Å². The van der Waals surface area contributed by atoms with Crippen molar-refractivity contribution in [3.05, 3.63) is 0 Å². The molecule has 5 heteroatoms. The first-order chi connectivity index (χ1) is 5.88. The van der Waals surface area contributed by atoms with Crippen LogP contribution in [0.25, 0.3) is 0 Å². The van der Waals surface area contributed by atoms with Gasteiger partial charge in [-0.3, -0.25) is 4.99 Å². The largest absolute Gasteiger partial charge is 0.411 e. The van der Waals surface area contributed by atoms with Crippen LogP contribution in [0.1, 0.15) is 19.8 Å². The van der Waals surface area contributed by atoms with E-state index in [4.69, 9.17) is 5.21 Å². The first kappa shape index (κ1) is 12.2. The van der Waals surface area contributed by atoms with Crippen LogP contribution in [0, 0.1) is 0 Å². The van der Waals surface area contributed by atoms with Gasteiger partial charge in [0.15, 0.2) is 0 Å². The summed E-state index contributed by atoms with van der Waals surface area (Å²) in [4.78, 5) is 6.34. The molecule has 0 fully saturated rings. The van der Waals surface area contributed by atoms with Crippen molar-refractivity contribution in [3.63, 3.8) is 0 Å². The van der Waals surface area contributed by atoms with Gasteiger partial charge in [0, 0.05) is 13.1 Å². The molecule has 0 bridgehead atoms. The number of aliphatic imine (C=N–C) groups is 1. The highest BCUT2D eigenvalue weighted by Crippen LogP contribution is 2.02. The molecule has 1 heterocycles. The second kappa shape index (κ2) is 6.71. The zero-order valence-electron chi connectivity index (χ0n) is 7.81. The fourth-order valence-corrected chi connectivity index (χ4v) is 1.25. The summed E-state index contributed by atoms with van der Waals surface area (Å²) in [7, 11) is 0. The summed E-state index contributed by atoms with van der Waals surface area (Å²) in [5.41, 5.74) is 0. The molecule has 0 aromatic heterocycles. The average molecular weight is 206 g/mol. The van der Waals surface area contributed by atoms with E-state index in [2.05, 4.69) is 22.0 Å². The summed E-state index contributed by atoms with van der Waals surface area (Å²) < 4.78 is 0. The van der Waals surface area contributed by atoms with Crippen LogP contribution >= 0.6 is 12.4 Å². The highest BCUT2D eigenvalue weighted by Gasteiger charge is 2.13. The SMILES string of the molecule is CCCCN1CCN=C1C=NO.Cl. The Kier molecular flexibility index (Phi) is 6.32. The number of unbranched alkanes of at least 4 members (excludes halogenated alkanes) is 1. The normalized spacial score (nSPS) is 16.1. The van der Waals surface area contributed by atoms with Crippen molar-refractivity contribution in [3.8, 4) is 0 Å². The first-order valence-electron chi connectivity index (χ1n) is 4.35. The zero-order chi connectivity index (χ0) is 8.81. The van der Waals surface area contributed by atoms with Crippen LogP contribution in [0.15, 0.2) is 10.1 Å². The highest BCUT2D eigenvalue weighted by molar-refractivity contribution is 6.29. The number of halogens is 1. The minimum atomic E-state index is 0. The Bertz CT molecular complexity index is 194. The quantitative estimate of drug-likeness (QED) is 0.428. The molecule has 1 rings (SSSR count). The van der Waals surface area contributed by atoms with Crippen LogP contribution < -0.4 is 0 Å². The van der Waals surface area contributed by atoms with E-state index in [1.165, 1.54) is 12.6 Å². The summed E-state index contributed by atoms with van der Waals surface area (Å²) in [6, 6.07) is 0. The van der Waals surface area contributed by atoms with Gasteiger partial charge in [-0.15, -0.1) is 12.4 Å². The molecule has 0 atom stereocenters. The number of hydrogen-bond donors (Lipinski definition) is 1. The summed E-state index contributed by atoms with van der Waals surface area (Å²) in [6.45, 7) is 4.96. The van der Waals surface area contributed by atoms with Crippen molar-refractivity contribution in [2.75, 3.05) is 19.6 Å². The number of rotatable bonds is 4. The average Bonchev–Trinajstić information content (AvgIpc) is 2.50. The van der Waals surface area contributed by atoms with Gasteiger partial charge in [-0.25, -0.2) is 0 Å². The Hall–Kier alpha value is -0.770. The molecule has 0 aromatic carbocycles. The molecule has 0 aromatic rings. The van der Waals surface area contributed by atoms with Gasteiger partial charge >= 0.3 is 0 Å². The van der Waals surface area contributed by atoms with E-state index < -0.39 is 0 Å². The van der Waals surface area contributed by atoms with Crippen LogP contribution in [-0.2, 0) is 0 Å². The van der Waals surface area contributed by atoms with Crippen LogP contribution in [0.4, 0.5) is 0 Å². The lowest BCUT2D eigenvalue weighted by atomic mass is 10.3. The molecule has 1 aliphatic rings. The van der Waals surface area contributed by atoms with Gasteiger partial charge in [0.05, 0.1) is 6.54 Å². The molecular weight excluding hydrogens is 190 g/mol. The van der Waals surface area contributed by atoms with E-state index in [0.717, 1.165) is 31.9 Å². The van der Waals surface area contributed by atoms with Gasteiger partial charge in [-0.05, 0) is 6.42 Å². The highest BCUT2D eigenvalue weighted by atomic mass is 35.5. The molecule has 4 nitrogen and oxygen atoms in total. The van der Waals surface area contributed by atoms with Crippen LogP contribution in [-0.4, -0.2) is 41.8 Å². The third-order valence-corrected chi connectivity index (χ3v) is 1.92. The Balaban J connectivity index is 0.00000144. The molecule has 0 unspecified atom stereocenters. The van der Waals surface area contributed by atoms with Gasteiger partial charge in [0.2, 0.25) is 0 Å². The van der Waals surface area contributed by atoms with Crippen molar-refractivity contribution >= 4 is 24.5 Å². The van der Waals surface area contributed by atoms with Crippen LogP contribution in [0.5, 0.6) is 0 Å². The Morgan fingerprint density at radius 1 is 1.69 bits per heavy atom. The van der Waals surface area contributed by atoms with Crippen molar-refractivity contribution < 1.29 is 5.21 Å². The summed E-state index contributed by atoms with van der Waals surface area (Å²) in [5, 5.41) is 11.3. The maximum Gasteiger partial charge on any atom is 0.145 e. The van der Waals surface area contributed by atoms with Crippen molar-refractivity contribution in [1.29, 1.82) is 0 Å². The van der Waals surface area contributed by atoms with Gasteiger partial charge in [0.1, 0.15) is 12.1 Å². The summed E-state index contributed by atoms with van der Waals surface area (Å²) >= 11 is 0. The molecule has 1 N–H and O–H groups in total. The minimum absolute atomic E-state index is 0. The van der Waals surface area contributed by atoms with Gasteiger partial charge in [-0.1, -0.05) is 18.5 Å². The first-order valence-corrected chi connectivity index (χ1v) is 4.35. The number of oxime groups is 1. The fourth-order valence-electron chi connectivity index (χ4n) is 1.25. The summed E-state index contributed by atoms with van der Waals surface area (Å²) in [6.07, 6.45) is 3.75. The number of nitrogens with zero attached hydrogens (tertiary/aromatic N) is 3. The molecule has 1 aliphatic heterocycles. The second-order valence-electron chi connectivity index (χ2n) is 2.83. The molecule has 13 heavy (non-hydrogen) atoms. The molecule has 0 saturated heterocycles. The monoisotopic (exact) mass is 205 g/mol. The van der Waals surface area contributed by atoms with E-state index in [-0.39, 0.29) is 12.4 Å². The lowest BCUT2D eigenvalue weighted by Crippen LogP contribution is -2.29. The van der Waals surface area contributed by atoms with Crippen molar-refractivity contribution in [1.82, 2.24) is 4.90 Å². The van der Waals surface area contributed by atoms with Crippen LogP contribution in [0.2, 0.25) is 0 Å². The predicted molar refractivity (Wildman–Crippen MR) is 56.3 cm³/mol. The smallest absolute Gasteiger partial charge is 0.145 e. The Labute approximate surface area is 84.7 Å². The van der Waals surface area contributed by atoms with Crippen LogP contribution in [0.3, 0.4) is 0 Å². The lowest BCUT2D eigenvalue weighted by molar-refractivity contribution is 0.321. The third kappa shape index (κ3) is 3.63. The molecular formula is C8H16ClN3O. The van der Waals surface area contributed by atoms with E-state index >= 15 is 0 Å². The van der Waals surface area contributed by atoms with Crippen molar-refractivity contribution in [2.24, 2.45) is 10.1 Å². The maximum absolute atomic E-state index is 8.33. The van der Waals surface area contributed by atoms with E-state index in [1.54, 1.807) is 0 Å². The second-order valence-corrected chi connectivity index (χ2v) is 2.83. The third-order valence-electron chi connectivity index (χ3n) is 1.92.